The predicted molar refractivity (Wildman–Crippen MR) is 93.5 cm³/mol. The van der Waals surface area contributed by atoms with Crippen LogP contribution in [0.15, 0.2) is 54.6 Å². The van der Waals surface area contributed by atoms with Crippen molar-refractivity contribution in [2.24, 2.45) is 0 Å². The molecule has 0 aromatic heterocycles. The molecule has 0 radical (unpaired) electrons. The summed E-state index contributed by atoms with van der Waals surface area (Å²) in [4.78, 5) is 2.10. The van der Waals surface area contributed by atoms with Crippen LogP contribution in [0.2, 0.25) is 0 Å². The van der Waals surface area contributed by atoms with Gasteiger partial charge in [-0.2, -0.15) is 13.2 Å². The molecule has 1 atom stereocenters. The topological polar surface area (TPSA) is 23.5 Å². The van der Waals surface area contributed by atoms with Gasteiger partial charge in [0.25, 0.3) is 0 Å². The summed E-state index contributed by atoms with van der Waals surface area (Å²) in [6.45, 7) is 1.85. The van der Waals surface area contributed by atoms with Gasteiger partial charge < -0.3 is 5.11 Å². The standard InChI is InChI=1S/C19H20F3NO.ClH/c20-19(21,22)17-9-4-8-16(12-17)18(24)10-5-11-23(14-18)13-15-6-2-1-3-7-15;/h1-4,6-9,12,24H,5,10-11,13-14H2;1H. The molecule has 136 valence electrons. The molecule has 1 N–H and O–H groups in total. The number of likely N-dealkylation sites (tertiary alicyclic amines) is 1. The molecule has 1 aliphatic rings. The molecule has 0 spiro atoms. The van der Waals surface area contributed by atoms with Gasteiger partial charge in [-0.05, 0) is 42.6 Å². The average molecular weight is 372 g/mol. The lowest BCUT2D eigenvalue weighted by Gasteiger charge is -2.39. The summed E-state index contributed by atoms with van der Waals surface area (Å²) in [6.07, 6.45) is -3.18. The smallest absolute Gasteiger partial charge is 0.384 e. The second kappa shape index (κ2) is 7.77. The van der Waals surface area contributed by atoms with Crippen molar-refractivity contribution in [2.75, 3.05) is 13.1 Å². The molecular weight excluding hydrogens is 351 g/mol. The Kier molecular flexibility index (Phi) is 6.14. The molecule has 0 amide bonds. The van der Waals surface area contributed by atoms with E-state index in [1.165, 1.54) is 6.07 Å². The Hall–Kier alpha value is -1.56. The molecule has 0 aliphatic carbocycles. The van der Waals surface area contributed by atoms with Crippen molar-refractivity contribution in [1.82, 2.24) is 4.90 Å². The number of hydrogen-bond donors (Lipinski definition) is 1. The van der Waals surface area contributed by atoms with Crippen LogP contribution in [0.1, 0.15) is 29.5 Å². The molecule has 1 unspecified atom stereocenters. The highest BCUT2D eigenvalue weighted by molar-refractivity contribution is 5.85. The lowest BCUT2D eigenvalue weighted by atomic mass is 9.85. The van der Waals surface area contributed by atoms with E-state index in [4.69, 9.17) is 0 Å². The Labute approximate surface area is 151 Å². The molecule has 25 heavy (non-hydrogen) atoms. The number of aliphatic hydroxyl groups is 1. The number of β-amino-alcohol motifs (C(OH)–C–C–N with tert-alkyl or cyclic N) is 1. The number of nitrogens with zero attached hydrogens (tertiary/aromatic N) is 1. The van der Waals surface area contributed by atoms with Gasteiger partial charge in [-0.1, -0.05) is 42.5 Å². The Morgan fingerprint density at radius 1 is 1.04 bits per heavy atom. The van der Waals surface area contributed by atoms with Crippen LogP contribution in [0.5, 0.6) is 0 Å². The van der Waals surface area contributed by atoms with Crippen LogP contribution in [0, 0.1) is 0 Å². The minimum Gasteiger partial charge on any atom is -0.384 e. The lowest BCUT2D eigenvalue weighted by Crippen LogP contribution is -2.45. The number of alkyl halides is 3. The van der Waals surface area contributed by atoms with Crippen molar-refractivity contribution in [3.63, 3.8) is 0 Å². The third-order valence-electron chi connectivity index (χ3n) is 4.53. The van der Waals surface area contributed by atoms with Gasteiger partial charge in [-0.15, -0.1) is 12.4 Å². The van der Waals surface area contributed by atoms with Crippen LogP contribution in [0.3, 0.4) is 0 Å². The first-order valence-corrected chi connectivity index (χ1v) is 8.03. The van der Waals surface area contributed by atoms with Crippen molar-refractivity contribution in [3.05, 3.63) is 71.3 Å². The number of piperidine rings is 1. The predicted octanol–water partition coefficient (Wildman–Crippen LogP) is 4.61. The molecule has 6 heteroatoms. The number of rotatable bonds is 3. The first-order valence-electron chi connectivity index (χ1n) is 8.03. The van der Waals surface area contributed by atoms with Gasteiger partial charge in [0.15, 0.2) is 0 Å². The zero-order valence-corrected chi connectivity index (χ0v) is 14.5. The fourth-order valence-corrected chi connectivity index (χ4v) is 3.32. The highest BCUT2D eigenvalue weighted by atomic mass is 35.5. The summed E-state index contributed by atoms with van der Waals surface area (Å²) < 4.78 is 38.8. The summed E-state index contributed by atoms with van der Waals surface area (Å²) in [6, 6.07) is 14.9. The zero-order valence-electron chi connectivity index (χ0n) is 13.7. The second-order valence-corrected chi connectivity index (χ2v) is 6.41. The van der Waals surface area contributed by atoms with Crippen molar-refractivity contribution in [3.8, 4) is 0 Å². The van der Waals surface area contributed by atoms with E-state index in [0.29, 0.717) is 25.1 Å². The molecule has 2 aromatic rings. The minimum atomic E-state index is -4.40. The Bertz CT molecular complexity index is 693. The molecule has 1 heterocycles. The fourth-order valence-electron chi connectivity index (χ4n) is 3.32. The van der Waals surface area contributed by atoms with Crippen molar-refractivity contribution in [2.45, 2.75) is 31.2 Å². The summed E-state index contributed by atoms with van der Waals surface area (Å²) in [5.41, 5.74) is -0.483. The lowest BCUT2D eigenvalue weighted by molar-refractivity contribution is -0.137. The Balaban J connectivity index is 0.00000225. The number of benzene rings is 2. The van der Waals surface area contributed by atoms with E-state index in [0.717, 1.165) is 30.7 Å². The van der Waals surface area contributed by atoms with E-state index in [9.17, 15) is 18.3 Å². The van der Waals surface area contributed by atoms with Crippen LogP contribution in [-0.2, 0) is 18.3 Å². The Morgan fingerprint density at radius 2 is 1.76 bits per heavy atom. The highest BCUT2D eigenvalue weighted by Crippen LogP contribution is 2.36. The molecule has 3 rings (SSSR count). The monoisotopic (exact) mass is 371 g/mol. The minimum absolute atomic E-state index is 0. The highest BCUT2D eigenvalue weighted by Gasteiger charge is 2.37. The van der Waals surface area contributed by atoms with E-state index < -0.39 is 17.3 Å². The van der Waals surface area contributed by atoms with Crippen LogP contribution in [0.25, 0.3) is 0 Å². The molecule has 1 aliphatic heterocycles. The van der Waals surface area contributed by atoms with Gasteiger partial charge in [0.2, 0.25) is 0 Å². The van der Waals surface area contributed by atoms with Crippen LogP contribution in [-0.4, -0.2) is 23.1 Å². The number of hydrogen-bond acceptors (Lipinski definition) is 2. The molecule has 1 fully saturated rings. The van der Waals surface area contributed by atoms with Gasteiger partial charge in [0, 0.05) is 13.1 Å². The largest absolute Gasteiger partial charge is 0.416 e. The molecule has 1 saturated heterocycles. The van der Waals surface area contributed by atoms with E-state index in [1.807, 2.05) is 30.3 Å². The van der Waals surface area contributed by atoms with Crippen molar-refractivity contribution >= 4 is 12.4 Å². The van der Waals surface area contributed by atoms with Crippen LogP contribution < -0.4 is 0 Å². The second-order valence-electron chi connectivity index (χ2n) is 6.41. The zero-order chi connectivity index (χ0) is 17.2. The van der Waals surface area contributed by atoms with Gasteiger partial charge in [-0.25, -0.2) is 0 Å². The van der Waals surface area contributed by atoms with Gasteiger partial charge in [-0.3, -0.25) is 4.90 Å². The normalized spacial score (nSPS) is 21.6. The van der Waals surface area contributed by atoms with Crippen molar-refractivity contribution in [1.29, 1.82) is 0 Å². The van der Waals surface area contributed by atoms with Crippen LogP contribution in [0.4, 0.5) is 13.2 Å². The van der Waals surface area contributed by atoms with Crippen molar-refractivity contribution < 1.29 is 18.3 Å². The number of halogens is 4. The third kappa shape index (κ3) is 4.75. The third-order valence-corrected chi connectivity index (χ3v) is 4.53. The molecule has 0 saturated carbocycles. The molecule has 2 aromatic carbocycles. The maximum absolute atomic E-state index is 12.9. The first-order chi connectivity index (χ1) is 11.4. The van der Waals surface area contributed by atoms with Crippen LogP contribution >= 0.6 is 12.4 Å². The maximum Gasteiger partial charge on any atom is 0.416 e. The quantitative estimate of drug-likeness (QED) is 0.851. The summed E-state index contributed by atoms with van der Waals surface area (Å²) in [7, 11) is 0. The van der Waals surface area contributed by atoms with E-state index in [1.54, 1.807) is 6.07 Å². The Morgan fingerprint density at radius 3 is 2.44 bits per heavy atom. The molecule has 2 nitrogen and oxygen atoms in total. The van der Waals surface area contributed by atoms with Gasteiger partial charge >= 0.3 is 6.18 Å². The van der Waals surface area contributed by atoms with E-state index in [2.05, 4.69) is 4.90 Å². The van der Waals surface area contributed by atoms with Gasteiger partial charge in [0.1, 0.15) is 5.60 Å². The fraction of sp³-hybridized carbons (Fsp3) is 0.368. The van der Waals surface area contributed by atoms with E-state index in [-0.39, 0.29) is 12.4 Å². The summed E-state index contributed by atoms with van der Waals surface area (Å²) in [5.74, 6) is 0. The summed E-state index contributed by atoms with van der Waals surface area (Å²) in [5, 5.41) is 11.0. The summed E-state index contributed by atoms with van der Waals surface area (Å²) >= 11 is 0. The molecular formula is C19H21ClF3NO. The SMILES string of the molecule is Cl.OC1(c2cccc(C(F)(F)F)c2)CCCN(Cc2ccccc2)C1. The van der Waals surface area contributed by atoms with Gasteiger partial charge in [0.05, 0.1) is 5.56 Å². The average Bonchev–Trinajstić information content (AvgIpc) is 2.55. The first kappa shape index (κ1) is 19.8. The van der Waals surface area contributed by atoms with E-state index >= 15 is 0 Å². The maximum atomic E-state index is 12.9. The molecule has 0 bridgehead atoms.